The Balaban J connectivity index is 2.27. The number of rotatable bonds is 5. The van der Waals surface area contributed by atoms with Crippen LogP contribution in [0.4, 0.5) is 0 Å². The number of nitrogens with one attached hydrogen (secondary N) is 1. The molecule has 0 radical (unpaired) electrons. The van der Waals surface area contributed by atoms with Gasteiger partial charge in [-0.05, 0) is 32.9 Å². The third kappa shape index (κ3) is 3.31. The third-order valence-corrected chi connectivity index (χ3v) is 6.01. The highest BCUT2D eigenvalue weighted by Gasteiger charge is 2.37. The minimum Gasteiger partial charge on any atom is -0.377 e. The van der Waals surface area contributed by atoms with Crippen molar-refractivity contribution in [3.63, 3.8) is 0 Å². The summed E-state index contributed by atoms with van der Waals surface area (Å²) in [5.74, 6) is 0. The Kier molecular flexibility index (Phi) is 4.77. The normalized spacial score (nSPS) is 24.4. The van der Waals surface area contributed by atoms with E-state index in [1.54, 1.807) is 23.7 Å². The van der Waals surface area contributed by atoms with Crippen molar-refractivity contribution in [1.82, 2.24) is 14.2 Å². The number of methoxy groups -OCH3 is 1. The number of aryl methyl sites for hydroxylation is 1. The number of ether oxygens (including phenoxy) is 1. The van der Waals surface area contributed by atoms with E-state index in [9.17, 15) is 8.42 Å². The van der Waals surface area contributed by atoms with Gasteiger partial charge in [-0.1, -0.05) is 0 Å². The van der Waals surface area contributed by atoms with Crippen molar-refractivity contribution in [2.75, 3.05) is 27.2 Å². The first-order valence-corrected chi connectivity index (χ1v) is 8.61. The van der Waals surface area contributed by atoms with E-state index in [-0.39, 0.29) is 0 Å². The van der Waals surface area contributed by atoms with Gasteiger partial charge in [0.1, 0.15) is 4.90 Å². The van der Waals surface area contributed by atoms with Gasteiger partial charge in [-0.25, -0.2) is 8.42 Å². The molecular weight excluding hydrogens is 290 g/mol. The molecule has 0 aliphatic carbocycles. The molecule has 2 heterocycles. The maximum Gasteiger partial charge on any atom is 0.244 e. The summed E-state index contributed by atoms with van der Waals surface area (Å²) in [5, 5.41) is 3.04. The van der Waals surface area contributed by atoms with Crippen LogP contribution < -0.4 is 5.32 Å². The smallest absolute Gasteiger partial charge is 0.244 e. The Morgan fingerprint density at radius 3 is 2.81 bits per heavy atom. The topological polar surface area (TPSA) is 63.6 Å². The van der Waals surface area contributed by atoms with E-state index in [0.717, 1.165) is 18.5 Å². The van der Waals surface area contributed by atoms with Crippen LogP contribution >= 0.6 is 0 Å². The van der Waals surface area contributed by atoms with Gasteiger partial charge >= 0.3 is 0 Å². The van der Waals surface area contributed by atoms with Crippen LogP contribution in [0.1, 0.15) is 25.5 Å². The molecule has 2 rings (SSSR count). The lowest BCUT2D eigenvalue weighted by atomic mass is 9.96. The molecule has 1 atom stereocenters. The van der Waals surface area contributed by atoms with Gasteiger partial charge in [0, 0.05) is 45.7 Å². The maximum absolute atomic E-state index is 12.8. The minimum atomic E-state index is -3.46. The molecule has 1 aliphatic rings. The van der Waals surface area contributed by atoms with Crippen molar-refractivity contribution >= 4 is 10.0 Å². The van der Waals surface area contributed by atoms with Crippen LogP contribution in [-0.2, 0) is 28.4 Å². The molecule has 21 heavy (non-hydrogen) atoms. The third-order valence-electron chi connectivity index (χ3n) is 4.20. The molecule has 6 nitrogen and oxygen atoms in total. The first-order valence-electron chi connectivity index (χ1n) is 7.17. The SMILES string of the molecule is CNCc1cc(S(=O)(=O)N2CCCC(C)(OC)C2)cn1C. The standard InChI is InChI=1S/C14H25N3O3S/c1-14(20-4)6-5-7-17(11-14)21(18,19)13-8-12(9-15-2)16(3)10-13/h8,10,15H,5-7,9,11H2,1-4H3. The van der Waals surface area contributed by atoms with Crippen molar-refractivity contribution < 1.29 is 13.2 Å². The number of piperidine rings is 1. The summed E-state index contributed by atoms with van der Waals surface area (Å²) in [6, 6.07) is 1.74. The molecule has 1 unspecified atom stereocenters. The lowest BCUT2D eigenvalue weighted by Gasteiger charge is -2.38. The summed E-state index contributed by atoms with van der Waals surface area (Å²) in [4.78, 5) is 0.357. The van der Waals surface area contributed by atoms with Gasteiger partial charge in [0.25, 0.3) is 0 Å². The van der Waals surface area contributed by atoms with E-state index < -0.39 is 15.6 Å². The Hall–Kier alpha value is -0.890. The maximum atomic E-state index is 12.8. The number of sulfonamides is 1. The predicted molar refractivity (Wildman–Crippen MR) is 81.6 cm³/mol. The summed E-state index contributed by atoms with van der Waals surface area (Å²) >= 11 is 0. The minimum absolute atomic E-state index is 0.357. The number of nitrogens with zero attached hydrogens (tertiary/aromatic N) is 2. The molecule has 0 aromatic carbocycles. The van der Waals surface area contributed by atoms with Gasteiger partial charge < -0.3 is 14.6 Å². The van der Waals surface area contributed by atoms with Crippen LogP contribution in [0.2, 0.25) is 0 Å². The summed E-state index contributed by atoms with van der Waals surface area (Å²) in [6.07, 6.45) is 3.38. The van der Waals surface area contributed by atoms with Gasteiger partial charge in [-0.2, -0.15) is 4.31 Å². The van der Waals surface area contributed by atoms with Gasteiger partial charge in [-0.3, -0.25) is 0 Å². The fraction of sp³-hybridized carbons (Fsp3) is 0.714. The van der Waals surface area contributed by atoms with E-state index in [1.165, 1.54) is 0 Å². The molecule has 1 aromatic rings. The molecule has 1 N–H and O–H groups in total. The molecule has 0 saturated carbocycles. The quantitative estimate of drug-likeness (QED) is 0.878. The van der Waals surface area contributed by atoms with E-state index in [4.69, 9.17) is 4.74 Å². The highest BCUT2D eigenvalue weighted by atomic mass is 32.2. The van der Waals surface area contributed by atoms with E-state index >= 15 is 0 Å². The summed E-state index contributed by atoms with van der Waals surface area (Å²) < 4.78 is 34.5. The molecule has 1 aromatic heterocycles. The van der Waals surface area contributed by atoms with Gasteiger partial charge in [-0.15, -0.1) is 0 Å². The second-order valence-electron chi connectivity index (χ2n) is 5.90. The molecular formula is C14H25N3O3S. The second kappa shape index (κ2) is 6.08. The van der Waals surface area contributed by atoms with Crippen LogP contribution in [0.25, 0.3) is 0 Å². The van der Waals surface area contributed by atoms with Crippen molar-refractivity contribution in [2.45, 2.75) is 36.8 Å². The highest BCUT2D eigenvalue weighted by Crippen LogP contribution is 2.28. The highest BCUT2D eigenvalue weighted by molar-refractivity contribution is 7.89. The Morgan fingerprint density at radius 1 is 1.48 bits per heavy atom. The second-order valence-corrected chi connectivity index (χ2v) is 7.84. The van der Waals surface area contributed by atoms with Crippen LogP contribution in [0.15, 0.2) is 17.2 Å². The van der Waals surface area contributed by atoms with Crippen molar-refractivity contribution in [3.05, 3.63) is 18.0 Å². The van der Waals surface area contributed by atoms with Gasteiger partial charge in [0.15, 0.2) is 0 Å². The fourth-order valence-electron chi connectivity index (χ4n) is 2.76. The monoisotopic (exact) mass is 315 g/mol. The van der Waals surface area contributed by atoms with Crippen LogP contribution in [-0.4, -0.2) is 50.1 Å². The Morgan fingerprint density at radius 2 is 2.19 bits per heavy atom. The van der Waals surface area contributed by atoms with Crippen LogP contribution in [0, 0.1) is 0 Å². The average molecular weight is 315 g/mol. The molecule has 1 aliphatic heterocycles. The van der Waals surface area contributed by atoms with Crippen LogP contribution in [0.3, 0.4) is 0 Å². The Labute approximate surface area is 127 Å². The summed E-state index contributed by atoms with van der Waals surface area (Å²) in [6.45, 7) is 3.56. The summed E-state index contributed by atoms with van der Waals surface area (Å²) in [5.41, 5.74) is 0.552. The molecule has 120 valence electrons. The van der Waals surface area contributed by atoms with Gasteiger partial charge in [0.2, 0.25) is 10.0 Å². The summed E-state index contributed by atoms with van der Waals surface area (Å²) in [7, 11) is 1.89. The molecule has 0 amide bonds. The van der Waals surface area contributed by atoms with Crippen molar-refractivity contribution in [1.29, 1.82) is 0 Å². The molecule has 1 fully saturated rings. The van der Waals surface area contributed by atoms with Gasteiger partial charge in [0.05, 0.1) is 5.60 Å². The molecule has 7 heteroatoms. The average Bonchev–Trinajstić information content (AvgIpc) is 2.82. The first-order chi connectivity index (χ1) is 9.82. The van der Waals surface area contributed by atoms with Crippen LogP contribution in [0.5, 0.6) is 0 Å². The Bertz CT molecular complexity index is 597. The predicted octanol–water partition coefficient (Wildman–Crippen LogP) is 0.934. The molecule has 0 spiro atoms. The van der Waals surface area contributed by atoms with Crippen molar-refractivity contribution in [2.24, 2.45) is 7.05 Å². The lowest BCUT2D eigenvalue weighted by molar-refractivity contribution is -0.0319. The first kappa shape index (κ1) is 16.5. The zero-order chi connectivity index (χ0) is 15.7. The number of hydrogen-bond donors (Lipinski definition) is 1. The fourth-order valence-corrected chi connectivity index (χ4v) is 4.44. The van der Waals surface area contributed by atoms with E-state index in [2.05, 4.69) is 5.32 Å². The lowest BCUT2D eigenvalue weighted by Crippen LogP contribution is -2.49. The van der Waals surface area contributed by atoms with Crippen molar-refractivity contribution in [3.8, 4) is 0 Å². The molecule has 0 bridgehead atoms. The zero-order valence-electron chi connectivity index (χ0n) is 13.2. The largest absolute Gasteiger partial charge is 0.377 e. The zero-order valence-corrected chi connectivity index (χ0v) is 14.0. The number of aromatic nitrogens is 1. The molecule has 1 saturated heterocycles. The number of hydrogen-bond acceptors (Lipinski definition) is 4. The van der Waals surface area contributed by atoms with E-state index in [1.807, 2.05) is 25.6 Å². The van der Waals surface area contributed by atoms with E-state index in [0.29, 0.717) is 24.5 Å².